The van der Waals surface area contributed by atoms with Gasteiger partial charge in [-0.1, -0.05) is 6.07 Å². The van der Waals surface area contributed by atoms with Crippen LogP contribution in [0.3, 0.4) is 0 Å². The summed E-state index contributed by atoms with van der Waals surface area (Å²) in [5.41, 5.74) is -0.318. The lowest BCUT2D eigenvalue weighted by molar-refractivity contribution is -0.384. The summed E-state index contributed by atoms with van der Waals surface area (Å²) < 4.78 is 5.86. The molecule has 0 amide bonds. The Morgan fingerprint density at radius 1 is 1.35 bits per heavy atom. The molecule has 20 heavy (non-hydrogen) atoms. The van der Waals surface area contributed by atoms with E-state index >= 15 is 0 Å². The van der Waals surface area contributed by atoms with E-state index in [1.807, 2.05) is 0 Å². The summed E-state index contributed by atoms with van der Waals surface area (Å²) >= 11 is 3.19. The monoisotopic (exact) mass is 338 g/mol. The maximum Gasteiger partial charge on any atom is 0.354 e. The number of aromatic carboxylic acids is 1. The number of nitro benzene ring substituents is 1. The fourth-order valence-corrected chi connectivity index (χ4v) is 1.71. The normalized spacial score (nSPS) is 10.1. The van der Waals surface area contributed by atoms with Crippen LogP contribution in [0.5, 0.6) is 11.6 Å². The number of carbonyl (C=O) groups is 1. The van der Waals surface area contributed by atoms with Gasteiger partial charge in [0, 0.05) is 12.1 Å². The number of carboxylic acid groups (broad SMARTS) is 1. The average molecular weight is 339 g/mol. The molecule has 0 saturated heterocycles. The molecule has 0 spiro atoms. The number of nitro groups is 1. The van der Waals surface area contributed by atoms with Crippen molar-refractivity contribution in [1.29, 1.82) is 0 Å². The van der Waals surface area contributed by atoms with Crippen LogP contribution in [0.25, 0.3) is 0 Å². The van der Waals surface area contributed by atoms with E-state index in [4.69, 9.17) is 9.84 Å². The summed E-state index contributed by atoms with van der Waals surface area (Å²) in [6.07, 6.45) is 0. The van der Waals surface area contributed by atoms with Gasteiger partial charge in [0.25, 0.3) is 5.69 Å². The maximum absolute atomic E-state index is 10.8. The van der Waals surface area contributed by atoms with Crippen LogP contribution >= 0.6 is 15.9 Å². The van der Waals surface area contributed by atoms with E-state index < -0.39 is 10.9 Å². The van der Waals surface area contributed by atoms with Gasteiger partial charge in [-0.2, -0.15) is 0 Å². The Morgan fingerprint density at radius 3 is 2.75 bits per heavy atom. The van der Waals surface area contributed by atoms with E-state index in [1.165, 1.54) is 36.4 Å². The second kappa shape index (κ2) is 5.66. The number of hydrogen-bond donors (Lipinski definition) is 1. The second-order valence-electron chi connectivity index (χ2n) is 3.64. The van der Waals surface area contributed by atoms with Gasteiger partial charge in [-0.15, -0.1) is 0 Å². The number of hydrogen-bond acceptors (Lipinski definition) is 5. The second-order valence-corrected chi connectivity index (χ2v) is 4.49. The van der Waals surface area contributed by atoms with Crippen LogP contribution in [0.1, 0.15) is 10.5 Å². The first kappa shape index (κ1) is 13.9. The van der Waals surface area contributed by atoms with Gasteiger partial charge in [-0.05, 0) is 28.1 Å². The maximum atomic E-state index is 10.8. The van der Waals surface area contributed by atoms with Gasteiger partial charge >= 0.3 is 5.97 Å². The molecule has 8 heteroatoms. The van der Waals surface area contributed by atoms with Gasteiger partial charge in [-0.3, -0.25) is 10.1 Å². The highest BCUT2D eigenvalue weighted by atomic mass is 79.9. The van der Waals surface area contributed by atoms with Crippen LogP contribution < -0.4 is 4.74 Å². The predicted molar refractivity (Wildman–Crippen MR) is 72.1 cm³/mol. The smallest absolute Gasteiger partial charge is 0.354 e. The number of pyridine rings is 1. The molecule has 1 aromatic carbocycles. The highest BCUT2D eigenvalue weighted by Crippen LogP contribution is 2.32. The molecule has 0 unspecified atom stereocenters. The molecule has 7 nitrogen and oxygen atoms in total. The molecule has 1 heterocycles. The minimum Gasteiger partial charge on any atom is -0.477 e. The van der Waals surface area contributed by atoms with Gasteiger partial charge in [0.15, 0.2) is 11.4 Å². The Labute approximate surface area is 121 Å². The lowest BCUT2D eigenvalue weighted by Gasteiger charge is -2.07. The van der Waals surface area contributed by atoms with Crippen LogP contribution in [-0.2, 0) is 0 Å². The van der Waals surface area contributed by atoms with Crippen molar-refractivity contribution >= 4 is 27.6 Å². The lowest BCUT2D eigenvalue weighted by Crippen LogP contribution is -2.01. The van der Waals surface area contributed by atoms with Crippen LogP contribution in [0, 0.1) is 10.1 Å². The van der Waals surface area contributed by atoms with Gasteiger partial charge in [0.2, 0.25) is 5.88 Å². The van der Waals surface area contributed by atoms with Crippen molar-refractivity contribution < 1.29 is 19.6 Å². The zero-order valence-corrected chi connectivity index (χ0v) is 11.4. The van der Waals surface area contributed by atoms with E-state index in [-0.39, 0.29) is 23.0 Å². The topological polar surface area (TPSA) is 103 Å². The highest BCUT2D eigenvalue weighted by molar-refractivity contribution is 9.10. The minimum atomic E-state index is -1.19. The van der Waals surface area contributed by atoms with Crippen molar-refractivity contribution in [3.63, 3.8) is 0 Å². The summed E-state index contributed by atoms with van der Waals surface area (Å²) in [4.78, 5) is 24.7. The number of nitrogens with zero attached hydrogens (tertiary/aromatic N) is 2. The molecule has 0 radical (unpaired) electrons. The van der Waals surface area contributed by atoms with E-state index in [0.29, 0.717) is 4.47 Å². The van der Waals surface area contributed by atoms with Gasteiger partial charge in [0.1, 0.15) is 0 Å². The van der Waals surface area contributed by atoms with Crippen LogP contribution in [0.2, 0.25) is 0 Å². The van der Waals surface area contributed by atoms with E-state index in [0.717, 1.165) is 0 Å². The average Bonchev–Trinajstić information content (AvgIpc) is 2.41. The molecule has 1 aromatic heterocycles. The predicted octanol–water partition coefficient (Wildman–Crippen LogP) is 3.24. The van der Waals surface area contributed by atoms with Gasteiger partial charge in [0.05, 0.1) is 15.5 Å². The standard InChI is InChI=1S/C12H7BrN2O5/c13-8-5-4-7(15(18)19)6-10(8)20-11-3-1-2-9(14-11)12(16)17/h1-6H,(H,16,17). The summed E-state index contributed by atoms with van der Waals surface area (Å²) in [5, 5.41) is 19.5. The number of carboxylic acids is 1. The molecule has 2 aromatic rings. The zero-order chi connectivity index (χ0) is 14.7. The number of aromatic nitrogens is 1. The van der Waals surface area contributed by atoms with Crippen molar-refractivity contribution in [3.8, 4) is 11.6 Å². The third kappa shape index (κ3) is 3.09. The third-order valence-corrected chi connectivity index (χ3v) is 2.94. The van der Waals surface area contributed by atoms with E-state index in [2.05, 4.69) is 20.9 Å². The Bertz CT molecular complexity index is 689. The Hall–Kier alpha value is -2.48. The summed E-state index contributed by atoms with van der Waals surface area (Å²) in [6, 6.07) is 8.25. The van der Waals surface area contributed by atoms with Crippen molar-refractivity contribution in [1.82, 2.24) is 4.98 Å². The third-order valence-electron chi connectivity index (χ3n) is 2.28. The van der Waals surface area contributed by atoms with Crippen molar-refractivity contribution in [2.24, 2.45) is 0 Å². The molecule has 0 saturated carbocycles. The number of rotatable bonds is 4. The summed E-state index contributed by atoms with van der Waals surface area (Å²) in [7, 11) is 0. The largest absolute Gasteiger partial charge is 0.477 e. The number of ether oxygens (including phenoxy) is 1. The number of non-ortho nitro benzene ring substituents is 1. The van der Waals surface area contributed by atoms with E-state index in [1.54, 1.807) is 0 Å². The first-order chi connectivity index (χ1) is 9.47. The molecular formula is C12H7BrN2O5. The van der Waals surface area contributed by atoms with Crippen LogP contribution in [0.15, 0.2) is 40.9 Å². The number of benzene rings is 1. The Balaban J connectivity index is 2.34. The zero-order valence-electron chi connectivity index (χ0n) is 9.82. The molecule has 102 valence electrons. The fraction of sp³-hybridized carbons (Fsp3) is 0. The summed E-state index contributed by atoms with van der Waals surface area (Å²) in [5.74, 6) is -0.978. The van der Waals surface area contributed by atoms with Gasteiger partial charge < -0.3 is 9.84 Å². The Morgan fingerprint density at radius 2 is 2.10 bits per heavy atom. The van der Waals surface area contributed by atoms with Crippen molar-refractivity contribution in [2.75, 3.05) is 0 Å². The lowest BCUT2D eigenvalue weighted by atomic mass is 10.3. The SMILES string of the molecule is O=C(O)c1cccc(Oc2cc([N+](=O)[O-])ccc2Br)n1. The highest BCUT2D eigenvalue weighted by Gasteiger charge is 2.13. The summed E-state index contributed by atoms with van der Waals surface area (Å²) in [6.45, 7) is 0. The first-order valence-corrected chi connectivity index (χ1v) is 6.09. The molecular weight excluding hydrogens is 332 g/mol. The quantitative estimate of drug-likeness (QED) is 0.678. The van der Waals surface area contributed by atoms with Crippen molar-refractivity contribution in [2.45, 2.75) is 0 Å². The first-order valence-electron chi connectivity index (χ1n) is 5.29. The molecule has 0 bridgehead atoms. The molecule has 0 aliphatic carbocycles. The minimum absolute atomic E-state index is 0.0334. The molecule has 0 aliphatic heterocycles. The molecule has 0 fully saturated rings. The molecule has 0 atom stereocenters. The Kier molecular flexibility index (Phi) is 3.94. The number of halogens is 1. The van der Waals surface area contributed by atoms with Crippen LogP contribution in [-0.4, -0.2) is 21.0 Å². The van der Waals surface area contributed by atoms with Gasteiger partial charge in [-0.25, -0.2) is 9.78 Å². The molecule has 1 N–H and O–H groups in total. The molecule has 2 rings (SSSR count). The fourth-order valence-electron chi connectivity index (χ4n) is 1.39. The molecule has 0 aliphatic rings. The van der Waals surface area contributed by atoms with E-state index in [9.17, 15) is 14.9 Å². The van der Waals surface area contributed by atoms with Crippen LogP contribution in [0.4, 0.5) is 5.69 Å². The van der Waals surface area contributed by atoms with Crippen molar-refractivity contribution in [3.05, 3.63) is 56.7 Å².